The zero-order chi connectivity index (χ0) is 9.14. The molecule has 0 aliphatic heterocycles. The Balaban J connectivity index is 2.64. The van der Waals surface area contributed by atoms with E-state index >= 15 is 0 Å². The van der Waals surface area contributed by atoms with Gasteiger partial charge in [-0.3, -0.25) is 0 Å². The van der Waals surface area contributed by atoms with Crippen molar-refractivity contribution >= 4 is 0 Å². The van der Waals surface area contributed by atoms with Crippen LogP contribution in [0.25, 0.3) is 0 Å². The molecule has 0 aromatic carbocycles. The van der Waals surface area contributed by atoms with Crippen molar-refractivity contribution in [1.82, 2.24) is 9.78 Å². The van der Waals surface area contributed by atoms with Crippen LogP contribution in [0.5, 0.6) is 0 Å². The molecular weight excluding hydrogens is 162 g/mol. The summed E-state index contributed by atoms with van der Waals surface area (Å²) >= 11 is 0. The Morgan fingerprint density at radius 3 is 2.58 bits per heavy atom. The Hall–Kier alpha value is -0.930. The lowest BCUT2D eigenvalue weighted by atomic mass is 10.1. The third-order valence-corrected chi connectivity index (χ3v) is 1.50. The molecule has 0 saturated carbocycles. The predicted molar refractivity (Wildman–Crippen MR) is 42.0 cm³/mol. The van der Waals surface area contributed by atoms with Gasteiger partial charge in [0, 0.05) is 6.20 Å². The Morgan fingerprint density at radius 1 is 1.50 bits per heavy atom. The summed E-state index contributed by atoms with van der Waals surface area (Å²) in [7, 11) is 0. The van der Waals surface area contributed by atoms with Crippen LogP contribution in [-0.2, 0) is 6.42 Å². The Bertz CT molecular complexity index is 243. The molecule has 0 saturated heterocycles. The fraction of sp³-hybridized carbons (Fsp3) is 0.625. The van der Waals surface area contributed by atoms with E-state index in [2.05, 4.69) is 5.10 Å². The fourth-order valence-corrected chi connectivity index (χ4v) is 1.06. The van der Waals surface area contributed by atoms with Crippen LogP contribution in [-0.4, -0.2) is 9.78 Å². The van der Waals surface area contributed by atoms with Gasteiger partial charge in [-0.2, -0.15) is 13.9 Å². The maximum atomic E-state index is 12.0. The first-order chi connectivity index (χ1) is 5.59. The van der Waals surface area contributed by atoms with Gasteiger partial charge in [0.1, 0.15) is 0 Å². The van der Waals surface area contributed by atoms with E-state index < -0.39 is 6.55 Å². The van der Waals surface area contributed by atoms with Crippen molar-refractivity contribution < 1.29 is 8.78 Å². The summed E-state index contributed by atoms with van der Waals surface area (Å²) in [5.74, 6) is 0.473. The molecule has 1 rings (SSSR count). The lowest BCUT2D eigenvalue weighted by Gasteiger charge is -1.99. The number of halogens is 2. The number of hydrogen-bond acceptors (Lipinski definition) is 1. The highest BCUT2D eigenvalue weighted by Crippen LogP contribution is 2.12. The summed E-state index contributed by atoms with van der Waals surface area (Å²) in [6.07, 6.45) is 3.68. The molecule has 0 unspecified atom stereocenters. The maximum absolute atomic E-state index is 12.0. The number of rotatable bonds is 3. The molecule has 12 heavy (non-hydrogen) atoms. The minimum Gasteiger partial charge on any atom is -0.211 e. The van der Waals surface area contributed by atoms with E-state index in [1.54, 1.807) is 0 Å². The lowest BCUT2D eigenvalue weighted by molar-refractivity contribution is 0.0565. The molecule has 0 fully saturated rings. The molecule has 68 valence electrons. The number of hydrogen-bond donors (Lipinski definition) is 0. The van der Waals surface area contributed by atoms with Crippen molar-refractivity contribution in [2.24, 2.45) is 5.92 Å². The van der Waals surface area contributed by atoms with Gasteiger partial charge < -0.3 is 0 Å². The Morgan fingerprint density at radius 2 is 2.17 bits per heavy atom. The fourth-order valence-electron chi connectivity index (χ4n) is 1.06. The first-order valence-electron chi connectivity index (χ1n) is 3.90. The molecule has 0 spiro atoms. The highest BCUT2D eigenvalue weighted by molar-refractivity contribution is 5.04. The SMILES string of the molecule is CC(C)Cc1cnn(C(F)F)c1. The summed E-state index contributed by atoms with van der Waals surface area (Å²) in [6, 6.07) is 0. The zero-order valence-electron chi connectivity index (χ0n) is 7.17. The summed E-state index contributed by atoms with van der Waals surface area (Å²) in [6.45, 7) is 1.56. The Kier molecular flexibility index (Phi) is 2.78. The summed E-state index contributed by atoms with van der Waals surface area (Å²) in [4.78, 5) is 0. The van der Waals surface area contributed by atoms with Crippen LogP contribution in [0.15, 0.2) is 12.4 Å². The van der Waals surface area contributed by atoms with Crippen molar-refractivity contribution in [2.75, 3.05) is 0 Å². The smallest absolute Gasteiger partial charge is 0.211 e. The van der Waals surface area contributed by atoms with Crippen LogP contribution in [0, 0.1) is 5.92 Å². The van der Waals surface area contributed by atoms with Crippen LogP contribution in [0.3, 0.4) is 0 Å². The van der Waals surface area contributed by atoms with Crippen LogP contribution in [0.2, 0.25) is 0 Å². The van der Waals surface area contributed by atoms with Gasteiger partial charge >= 0.3 is 6.55 Å². The minimum absolute atomic E-state index is 0.473. The summed E-state index contributed by atoms with van der Waals surface area (Å²) in [5.41, 5.74) is 0.866. The molecule has 0 aliphatic rings. The van der Waals surface area contributed by atoms with Crippen LogP contribution in [0.4, 0.5) is 8.78 Å². The van der Waals surface area contributed by atoms with Gasteiger partial charge in [-0.25, -0.2) is 4.68 Å². The second kappa shape index (κ2) is 3.65. The van der Waals surface area contributed by atoms with Crippen molar-refractivity contribution in [3.05, 3.63) is 18.0 Å². The van der Waals surface area contributed by atoms with E-state index in [0.29, 0.717) is 10.6 Å². The van der Waals surface area contributed by atoms with Gasteiger partial charge in [0.15, 0.2) is 0 Å². The van der Waals surface area contributed by atoms with Crippen LogP contribution < -0.4 is 0 Å². The van der Waals surface area contributed by atoms with Crippen LogP contribution >= 0.6 is 0 Å². The second-order valence-electron chi connectivity index (χ2n) is 3.20. The van der Waals surface area contributed by atoms with E-state index in [0.717, 1.165) is 12.0 Å². The zero-order valence-corrected chi connectivity index (χ0v) is 7.17. The molecule has 4 heteroatoms. The standard InChI is InChI=1S/C8H12F2N2/c1-6(2)3-7-4-11-12(5-7)8(9)10/h4-6,8H,3H2,1-2H3. The molecule has 0 radical (unpaired) electrons. The molecule has 1 heterocycles. The van der Waals surface area contributed by atoms with Gasteiger partial charge in [0.25, 0.3) is 0 Å². The topological polar surface area (TPSA) is 17.8 Å². The molecule has 1 aromatic rings. The van der Waals surface area contributed by atoms with Crippen LogP contribution in [0.1, 0.15) is 26.0 Å². The van der Waals surface area contributed by atoms with E-state index in [-0.39, 0.29) is 0 Å². The van der Waals surface area contributed by atoms with E-state index in [1.807, 2.05) is 13.8 Å². The Labute approximate surface area is 70.2 Å². The largest absolute Gasteiger partial charge is 0.333 e. The number of nitrogens with zero attached hydrogens (tertiary/aromatic N) is 2. The van der Waals surface area contributed by atoms with Crippen molar-refractivity contribution in [1.29, 1.82) is 0 Å². The molecule has 1 aromatic heterocycles. The lowest BCUT2D eigenvalue weighted by Crippen LogP contribution is -1.97. The van der Waals surface area contributed by atoms with Crippen molar-refractivity contribution in [3.63, 3.8) is 0 Å². The molecule has 0 N–H and O–H groups in total. The number of alkyl halides is 2. The number of aromatic nitrogens is 2. The van der Waals surface area contributed by atoms with Gasteiger partial charge in [-0.05, 0) is 17.9 Å². The van der Waals surface area contributed by atoms with Gasteiger partial charge in [-0.1, -0.05) is 13.8 Å². The third kappa shape index (κ3) is 2.29. The molecule has 0 bridgehead atoms. The monoisotopic (exact) mass is 174 g/mol. The first-order valence-corrected chi connectivity index (χ1v) is 3.90. The first kappa shape index (κ1) is 9.16. The van der Waals surface area contributed by atoms with Gasteiger partial charge in [0.2, 0.25) is 0 Å². The maximum Gasteiger partial charge on any atom is 0.333 e. The van der Waals surface area contributed by atoms with Crippen molar-refractivity contribution in [3.8, 4) is 0 Å². The summed E-state index contributed by atoms with van der Waals surface area (Å²) in [5, 5.41) is 3.54. The average molecular weight is 174 g/mol. The summed E-state index contributed by atoms with van der Waals surface area (Å²) < 4.78 is 24.7. The molecule has 2 nitrogen and oxygen atoms in total. The normalized spacial score (nSPS) is 11.5. The molecule has 0 atom stereocenters. The molecule has 0 aliphatic carbocycles. The van der Waals surface area contributed by atoms with E-state index in [4.69, 9.17) is 0 Å². The van der Waals surface area contributed by atoms with E-state index in [1.165, 1.54) is 12.4 Å². The second-order valence-corrected chi connectivity index (χ2v) is 3.20. The van der Waals surface area contributed by atoms with Gasteiger partial charge in [-0.15, -0.1) is 0 Å². The molecule has 0 amide bonds. The van der Waals surface area contributed by atoms with Gasteiger partial charge in [0.05, 0.1) is 6.20 Å². The highest BCUT2D eigenvalue weighted by atomic mass is 19.3. The predicted octanol–water partition coefficient (Wildman–Crippen LogP) is 2.48. The molecular formula is C8H12F2N2. The quantitative estimate of drug-likeness (QED) is 0.688. The average Bonchev–Trinajstić information content (AvgIpc) is 2.34. The minimum atomic E-state index is -2.52. The third-order valence-electron chi connectivity index (χ3n) is 1.50. The highest BCUT2D eigenvalue weighted by Gasteiger charge is 2.07. The van der Waals surface area contributed by atoms with E-state index in [9.17, 15) is 8.78 Å². The van der Waals surface area contributed by atoms with Crippen molar-refractivity contribution in [2.45, 2.75) is 26.8 Å².